The molecule has 1 aromatic carbocycles. The normalized spacial score (nSPS) is 13.5. The fraction of sp³-hybridized carbons (Fsp3) is 0.312. The summed E-state index contributed by atoms with van der Waals surface area (Å²) in [4.78, 5) is 4.15. The molecule has 1 heterocycles. The van der Waals surface area contributed by atoms with Crippen molar-refractivity contribution in [3.63, 3.8) is 0 Å². The van der Waals surface area contributed by atoms with Crippen LogP contribution in [0.2, 0.25) is 5.02 Å². The lowest BCUT2D eigenvalue weighted by Crippen LogP contribution is -2.28. The molecule has 0 radical (unpaired) electrons. The van der Waals surface area contributed by atoms with E-state index in [-0.39, 0.29) is 12.1 Å². The zero-order valence-corrected chi connectivity index (χ0v) is 12.9. The molecule has 0 fully saturated rings. The second kappa shape index (κ2) is 7.29. The van der Waals surface area contributed by atoms with Crippen LogP contribution in [0.15, 0.2) is 42.7 Å². The molecule has 4 nitrogen and oxygen atoms in total. The third-order valence-electron chi connectivity index (χ3n) is 3.05. The summed E-state index contributed by atoms with van der Waals surface area (Å²) in [6, 6.07) is 8.83. The van der Waals surface area contributed by atoms with Crippen LogP contribution in [0.3, 0.4) is 0 Å². The summed E-state index contributed by atoms with van der Waals surface area (Å²) < 4.78 is 11.3. The van der Waals surface area contributed by atoms with E-state index in [1.165, 1.54) is 0 Å². The summed E-state index contributed by atoms with van der Waals surface area (Å²) in [5.41, 5.74) is 7.11. The standard InChI is InChI=1S/C16H19ClN2O2/c1-3-20-15-7-12(9-19-10-15)16(18)11(2)21-14-6-4-5-13(17)8-14/h4-11,16H,3,18H2,1-2H3. The molecule has 2 rings (SSSR count). The first-order valence-corrected chi connectivity index (χ1v) is 7.23. The van der Waals surface area contributed by atoms with Gasteiger partial charge in [-0.1, -0.05) is 17.7 Å². The van der Waals surface area contributed by atoms with E-state index in [2.05, 4.69) is 4.98 Å². The van der Waals surface area contributed by atoms with E-state index in [0.717, 1.165) is 5.56 Å². The van der Waals surface area contributed by atoms with Gasteiger partial charge in [-0.05, 0) is 43.7 Å². The summed E-state index contributed by atoms with van der Waals surface area (Å²) in [5.74, 6) is 1.40. The van der Waals surface area contributed by atoms with Crippen LogP contribution in [0, 0.1) is 0 Å². The Kier molecular flexibility index (Phi) is 5.42. The van der Waals surface area contributed by atoms with Crippen molar-refractivity contribution < 1.29 is 9.47 Å². The number of halogens is 1. The van der Waals surface area contributed by atoms with E-state index in [4.69, 9.17) is 26.8 Å². The van der Waals surface area contributed by atoms with Gasteiger partial charge < -0.3 is 15.2 Å². The van der Waals surface area contributed by atoms with Crippen molar-refractivity contribution in [3.05, 3.63) is 53.3 Å². The van der Waals surface area contributed by atoms with Crippen LogP contribution >= 0.6 is 11.6 Å². The number of hydrogen-bond acceptors (Lipinski definition) is 4. The Morgan fingerprint density at radius 2 is 2.05 bits per heavy atom. The van der Waals surface area contributed by atoms with E-state index in [1.807, 2.05) is 32.0 Å². The van der Waals surface area contributed by atoms with Gasteiger partial charge in [0.1, 0.15) is 17.6 Å². The van der Waals surface area contributed by atoms with Gasteiger partial charge in [-0.2, -0.15) is 0 Å². The van der Waals surface area contributed by atoms with Crippen LogP contribution < -0.4 is 15.2 Å². The number of pyridine rings is 1. The highest BCUT2D eigenvalue weighted by Gasteiger charge is 2.17. The first kappa shape index (κ1) is 15.6. The SMILES string of the molecule is CCOc1cncc(C(N)C(C)Oc2cccc(Cl)c2)c1. The molecule has 0 aliphatic heterocycles. The average molecular weight is 307 g/mol. The number of hydrogen-bond donors (Lipinski definition) is 1. The highest BCUT2D eigenvalue weighted by molar-refractivity contribution is 6.30. The number of aromatic nitrogens is 1. The minimum absolute atomic E-state index is 0.220. The predicted octanol–water partition coefficient (Wildman–Crippen LogP) is 3.60. The van der Waals surface area contributed by atoms with E-state index in [0.29, 0.717) is 23.1 Å². The molecule has 0 aliphatic rings. The summed E-state index contributed by atoms with van der Waals surface area (Å²) in [6.45, 7) is 4.44. The minimum atomic E-state index is -0.308. The van der Waals surface area contributed by atoms with E-state index in [9.17, 15) is 0 Å². The molecule has 112 valence electrons. The third kappa shape index (κ3) is 4.34. The average Bonchev–Trinajstić information content (AvgIpc) is 2.47. The molecule has 0 saturated carbocycles. The van der Waals surface area contributed by atoms with Crippen molar-refractivity contribution >= 4 is 11.6 Å². The minimum Gasteiger partial charge on any atom is -0.492 e. The number of nitrogens with two attached hydrogens (primary N) is 1. The van der Waals surface area contributed by atoms with Crippen LogP contribution in [0.4, 0.5) is 0 Å². The first-order valence-electron chi connectivity index (χ1n) is 6.85. The van der Waals surface area contributed by atoms with E-state index >= 15 is 0 Å². The van der Waals surface area contributed by atoms with Gasteiger partial charge >= 0.3 is 0 Å². The van der Waals surface area contributed by atoms with Gasteiger partial charge in [0.15, 0.2) is 0 Å². The van der Waals surface area contributed by atoms with Crippen molar-refractivity contribution in [1.29, 1.82) is 0 Å². The molecule has 2 unspecified atom stereocenters. The lowest BCUT2D eigenvalue weighted by atomic mass is 10.1. The fourth-order valence-electron chi connectivity index (χ4n) is 1.96. The van der Waals surface area contributed by atoms with Gasteiger partial charge in [-0.15, -0.1) is 0 Å². The lowest BCUT2D eigenvalue weighted by molar-refractivity contribution is 0.190. The first-order chi connectivity index (χ1) is 10.1. The molecule has 0 spiro atoms. The van der Waals surface area contributed by atoms with Crippen molar-refractivity contribution in [1.82, 2.24) is 4.98 Å². The van der Waals surface area contributed by atoms with Crippen LogP contribution in [0.5, 0.6) is 11.5 Å². The second-order valence-corrected chi connectivity index (χ2v) is 5.13. The maximum atomic E-state index is 6.24. The van der Waals surface area contributed by atoms with Gasteiger partial charge in [-0.3, -0.25) is 4.98 Å². The summed E-state index contributed by atoms with van der Waals surface area (Å²) in [7, 11) is 0. The second-order valence-electron chi connectivity index (χ2n) is 4.69. The molecule has 0 amide bonds. The maximum Gasteiger partial charge on any atom is 0.137 e. The van der Waals surface area contributed by atoms with Crippen LogP contribution in [-0.2, 0) is 0 Å². The molecule has 21 heavy (non-hydrogen) atoms. The molecular weight excluding hydrogens is 288 g/mol. The van der Waals surface area contributed by atoms with E-state index in [1.54, 1.807) is 24.5 Å². The maximum absolute atomic E-state index is 6.24. The zero-order valence-electron chi connectivity index (χ0n) is 12.1. The molecule has 0 bridgehead atoms. The smallest absolute Gasteiger partial charge is 0.137 e. The Bertz CT molecular complexity index is 592. The van der Waals surface area contributed by atoms with E-state index < -0.39 is 0 Å². The van der Waals surface area contributed by atoms with Crippen molar-refractivity contribution in [2.45, 2.75) is 26.0 Å². The Hall–Kier alpha value is -1.78. The van der Waals surface area contributed by atoms with Gasteiger partial charge in [-0.25, -0.2) is 0 Å². The molecule has 2 N–H and O–H groups in total. The molecule has 5 heteroatoms. The zero-order chi connectivity index (χ0) is 15.2. The molecule has 0 saturated heterocycles. The third-order valence-corrected chi connectivity index (χ3v) is 3.29. The number of nitrogens with zero attached hydrogens (tertiary/aromatic N) is 1. The number of ether oxygens (including phenoxy) is 2. The number of rotatable bonds is 6. The summed E-state index contributed by atoms with van der Waals surface area (Å²) in [6.07, 6.45) is 3.18. The van der Waals surface area contributed by atoms with Crippen LogP contribution in [0.25, 0.3) is 0 Å². The van der Waals surface area contributed by atoms with Crippen LogP contribution in [-0.4, -0.2) is 17.7 Å². The summed E-state index contributed by atoms with van der Waals surface area (Å²) >= 11 is 5.94. The Morgan fingerprint density at radius 3 is 2.76 bits per heavy atom. The van der Waals surface area contributed by atoms with Crippen molar-refractivity contribution in [3.8, 4) is 11.5 Å². The van der Waals surface area contributed by atoms with Gasteiger partial charge in [0.2, 0.25) is 0 Å². The van der Waals surface area contributed by atoms with Gasteiger partial charge in [0, 0.05) is 11.2 Å². The molecular formula is C16H19ClN2O2. The summed E-state index contributed by atoms with van der Waals surface area (Å²) in [5, 5.41) is 0.633. The molecule has 1 aromatic heterocycles. The Balaban J connectivity index is 2.08. The molecule has 2 atom stereocenters. The van der Waals surface area contributed by atoms with Crippen molar-refractivity contribution in [2.24, 2.45) is 5.73 Å². The largest absolute Gasteiger partial charge is 0.492 e. The van der Waals surface area contributed by atoms with Gasteiger partial charge in [0.25, 0.3) is 0 Å². The predicted molar refractivity (Wildman–Crippen MR) is 83.9 cm³/mol. The quantitative estimate of drug-likeness (QED) is 0.886. The fourth-order valence-corrected chi connectivity index (χ4v) is 2.14. The van der Waals surface area contributed by atoms with Gasteiger partial charge in [0.05, 0.1) is 18.8 Å². The van der Waals surface area contributed by atoms with Crippen molar-refractivity contribution in [2.75, 3.05) is 6.61 Å². The molecule has 2 aromatic rings. The Morgan fingerprint density at radius 1 is 1.24 bits per heavy atom. The topological polar surface area (TPSA) is 57.4 Å². The van der Waals surface area contributed by atoms with Crippen LogP contribution in [0.1, 0.15) is 25.5 Å². The highest BCUT2D eigenvalue weighted by Crippen LogP contribution is 2.24. The monoisotopic (exact) mass is 306 g/mol. The lowest BCUT2D eigenvalue weighted by Gasteiger charge is -2.22. The number of benzene rings is 1. The molecule has 0 aliphatic carbocycles. The highest BCUT2D eigenvalue weighted by atomic mass is 35.5. The Labute approximate surface area is 129 Å².